The third kappa shape index (κ3) is 22.3. The standard InChI is InChI=1S/2C25H27N7O3.C22H28N4O4.C20H26N4O3/c1-6-23(28-15-17(1)25-31-29-16-34-25)30-18-2-4-20(5-3-18)35-22-14-19(32-9-11-33-12-10-32)13-21-24(22)27-8-7-26-21;1-3-20(4-2-18(1)30-23-13-17(5-6-27-23)25-31-29-16-34-25)35-22-15-19(32-9-11-33-12-10-32)14-21-24(22)28-8-7-26-21;27-22(15-13-29-14-15)25-16-1-3-18(4-2-16)30-20-12-17(26-7-9-28-10-8-26)11-19-21(20)24-6-5-23-19;1-14(25)23-15-2-4-17(5-3-15)27-19-13-16(24-8-10-26-11-9-24)12-18-20(19)22-7-6-21-18/h1,6-8,13-16,18,20H,2-5,9-12H2,(H,28,30);5-8,13-16,18,20H,1-4,9-12H2,(H,27,30);5-6,11-12,15-16,18H,1-4,7-10,13-14H2,(H,25,27);6-7,12-13,15,17H,2-5,8-11H2,1H3,(H,23,25). The first-order valence-electron chi connectivity index (χ1n) is 44.7. The van der Waals surface area contributed by atoms with Gasteiger partial charge in [0.1, 0.15) is 56.7 Å². The number of anilines is 6. The topological polar surface area (TPSA) is 385 Å². The molecule has 5 aliphatic heterocycles. The summed E-state index contributed by atoms with van der Waals surface area (Å²) in [6.45, 7) is 15.5. The van der Waals surface area contributed by atoms with Gasteiger partial charge in [0, 0.05) is 198 Å². The van der Waals surface area contributed by atoms with Crippen LogP contribution < -0.4 is 59.8 Å². The summed E-state index contributed by atoms with van der Waals surface area (Å²) in [4.78, 5) is 77.8. The number of hydrogen-bond acceptors (Lipinski definition) is 33. The van der Waals surface area contributed by atoms with Crippen molar-refractivity contribution in [2.75, 3.05) is 149 Å². The van der Waals surface area contributed by atoms with Crippen LogP contribution in [-0.4, -0.2) is 249 Å². The summed E-state index contributed by atoms with van der Waals surface area (Å²) in [5, 5.41) is 28.6. The quantitative estimate of drug-likeness (QED) is 0.0519. The highest BCUT2D eigenvalue weighted by atomic mass is 16.5. The number of pyridine rings is 2. The highest BCUT2D eigenvalue weighted by molar-refractivity contribution is 5.88. The first-order chi connectivity index (χ1) is 62.6. The van der Waals surface area contributed by atoms with Crippen LogP contribution >= 0.6 is 0 Å². The molecule has 4 N–H and O–H groups in total. The van der Waals surface area contributed by atoms with Gasteiger partial charge in [-0.2, -0.15) is 0 Å². The lowest BCUT2D eigenvalue weighted by Gasteiger charge is -2.33. The van der Waals surface area contributed by atoms with Crippen molar-refractivity contribution in [1.29, 1.82) is 0 Å². The van der Waals surface area contributed by atoms with E-state index in [1.165, 1.54) is 12.8 Å². The first kappa shape index (κ1) is 85.4. The Morgan fingerprint density at radius 3 is 1.02 bits per heavy atom. The van der Waals surface area contributed by atoms with Crippen molar-refractivity contribution < 1.29 is 61.1 Å². The molecule has 127 heavy (non-hydrogen) atoms. The minimum atomic E-state index is 0.0341. The monoisotopic (exact) mass is 1730 g/mol. The fraction of sp³-hybridized carbons (Fsp3) is 0.478. The molecule has 9 fully saturated rings. The van der Waals surface area contributed by atoms with Gasteiger partial charge in [-0.25, -0.2) is 29.9 Å². The molecule has 0 bridgehead atoms. The van der Waals surface area contributed by atoms with Crippen molar-refractivity contribution >= 4 is 90.3 Å². The molecule has 12 aromatic rings. The number of morpholine rings is 4. The summed E-state index contributed by atoms with van der Waals surface area (Å²) < 4.78 is 63.5. The van der Waals surface area contributed by atoms with E-state index in [2.05, 4.69) is 160 Å². The smallest absolute Gasteiger partial charge is 0.248 e. The Hall–Kier alpha value is -12.4. The molecular formula is C92H108N22O13. The zero-order valence-corrected chi connectivity index (χ0v) is 71.5. The van der Waals surface area contributed by atoms with Crippen LogP contribution in [0.5, 0.6) is 23.0 Å². The van der Waals surface area contributed by atoms with Gasteiger partial charge in [-0.3, -0.25) is 29.5 Å². The number of aromatic nitrogens is 14. The van der Waals surface area contributed by atoms with E-state index < -0.39 is 0 Å². The van der Waals surface area contributed by atoms with Crippen molar-refractivity contribution in [2.24, 2.45) is 5.92 Å². The van der Waals surface area contributed by atoms with Crippen molar-refractivity contribution in [1.82, 2.24) is 80.9 Å². The molecule has 0 atom stereocenters. The van der Waals surface area contributed by atoms with Crippen LogP contribution in [0.3, 0.4) is 0 Å². The highest BCUT2D eigenvalue weighted by Crippen LogP contribution is 2.40. The average molecular weight is 1730 g/mol. The summed E-state index contributed by atoms with van der Waals surface area (Å²) in [5.74, 6) is 6.02. The minimum absolute atomic E-state index is 0.0341. The number of amides is 2. The van der Waals surface area contributed by atoms with E-state index >= 15 is 0 Å². The number of carbonyl (C=O) groups excluding carboxylic acids is 2. The highest BCUT2D eigenvalue weighted by Gasteiger charge is 2.33. The number of rotatable bonds is 21. The molecule has 9 aliphatic rings. The Morgan fingerprint density at radius 1 is 0.346 bits per heavy atom. The van der Waals surface area contributed by atoms with Gasteiger partial charge in [0.25, 0.3) is 0 Å². The second-order valence-electron chi connectivity index (χ2n) is 33.3. The van der Waals surface area contributed by atoms with Gasteiger partial charge in [0.15, 0.2) is 0 Å². The number of carbonyl (C=O) groups is 2. The number of hydrogen-bond donors (Lipinski definition) is 4. The molecule has 8 aromatic heterocycles. The molecule has 0 unspecified atom stereocenters. The summed E-state index contributed by atoms with van der Waals surface area (Å²) >= 11 is 0. The first-order valence-corrected chi connectivity index (χ1v) is 44.7. The molecule has 13 heterocycles. The zero-order chi connectivity index (χ0) is 85.9. The second kappa shape index (κ2) is 41.8. The Kier molecular flexibility index (Phi) is 28.1. The molecule has 4 saturated carbocycles. The lowest BCUT2D eigenvalue weighted by atomic mass is 9.92. The van der Waals surface area contributed by atoms with Crippen LogP contribution in [0.1, 0.15) is 110 Å². The Morgan fingerprint density at radius 2 is 0.693 bits per heavy atom. The van der Waals surface area contributed by atoms with Crippen LogP contribution in [-0.2, 0) is 33.3 Å². The third-order valence-electron chi connectivity index (χ3n) is 24.7. The van der Waals surface area contributed by atoms with E-state index in [4.69, 9.17) is 51.5 Å². The van der Waals surface area contributed by atoms with Gasteiger partial charge in [0.05, 0.1) is 124 Å². The van der Waals surface area contributed by atoms with Crippen LogP contribution in [0.4, 0.5) is 34.4 Å². The van der Waals surface area contributed by atoms with Crippen LogP contribution in [0, 0.1) is 5.92 Å². The normalized spacial score (nSPS) is 22.2. The number of nitrogens with zero attached hydrogens (tertiary/aromatic N) is 18. The van der Waals surface area contributed by atoms with Crippen LogP contribution in [0.15, 0.2) is 156 Å². The van der Waals surface area contributed by atoms with Gasteiger partial charge in [-0.15, -0.1) is 20.4 Å². The SMILES string of the molecule is CC(=O)NC1CCC(Oc2cc(N3CCOCC3)cc3nccnc23)CC1.O=C(NC1CCC(Oc2cc(N3CCOCC3)cc3nccnc23)CC1)C1COC1.c1cc(-c2nnco2)cc(NC2CCC(Oc3cc(N4CCOCC4)cc4nccnc34)CC2)n1.c1cnc2c(OC3CCC(Nc4ccc(-c5nnco5)cn4)CC3)cc(N3CCOCC3)cc2n1. The Bertz CT molecular complexity index is 5560. The molecular weight excluding hydrogens is 1620 g/mol. The maximum absolute atomic E-state index is 12.1. The van der Waals surface area contributed by atoms with Gasteiger partial charge >= 0.3 is 0 Å². The Labute approximate surface area is 734 Å². The second-order valence-corrected chi connectivity index (χ2v) is 33.3. The van der Waals surface area contributed by atoms with Crippen molar-refractivity contribution in [2.45, 2.75) is 158 Å². The van der Waals surface area contributed by atoms with Gasteiger partial charge in [-0.1, -0.05) is 0 Å². The van der Waals surface area contributed by atoms with Gasteiger partial charge < -0.3 is 92.3 Å². The summed E-state index contributed by atoms with van der Waals surface area (Å²) in [5.41, 5.74) is 12.7. The largest absolute Gasteiger partial charge is 0.488 e. The molecule has 21 rings (SSSR count). The van der Waals surface area contributed by atoms with E-state index in [1.807, 2.05) is 24.3 Å². The molecule has 0 spiro atoms. The maximum Gasteiger partial charge on any atom is 0.248 e. The molecule has 2 amide bonds. The van der Waals surface area contributed by atoms with E-state index in [0.29, 0.717) is 37.1 Å². The molecule has 35 heteroatoms. The average Bonchev–Trinajstić information content (AvgIpc) is 1.15. The maximum atomic E-state index is 12.1. The fourth-order valence-corrected chi connectivity index (χ4v) is 17.8. The zero-order valence-electron chi connectivity index (χ0n) is 71.5. The molecule has 4 aliphatic carbocycles. The van der Waals surface area contributed by atoms with E-state index in [1.54, 1.807) is 68.9 Å². The number of ether oxygens (including phenoxy) is 9. The summed E-state index contributed by atoms with van der Waals surface area (Å²) in [6, 6.07) is 25.6. The van der Waals surface area contributed by atoms with E-state index in [-0.39, 0.29) is 54.2 Å². The number of fused-ring (bicyclic) bond motifs is 4. The number of nitrogens with one attached hydrogen (secondary N) is 4. The van der Waals surface area contributed by atoms with Crippen molar-refractivity contribution in [3.63, 3.8) is 0 Å². The van der Waals surface area contributed by atoms with E-state index in [9.17, 15) is 9.59 Å². The molecule has 5 saturated heterocycles. The fourth-order valence-electron chi connectivity index (χ4n) is 17.8. The van der Waals surface area contributed by atoms with Gasteiger partial charge in [0.2, 0.25) is 36.4 Å². The molecule has 35 nitrogen and oxygen atoms in total. The van der Waals surface area contributed by atoms with Crippen molar-refractivity contribution in [3.05, 3.63) is 148 Å². The molecule has 664 valence electrons. The van der Waals surface area contributed by atoms with Gasteiger partial charge in [-0.05, 0) is 151 Å². The lowest BCUT2D eigenvalue weighted by Crippen LogP contribution is -2.47. The van der Waals surface area contributed by atoms with Crippen LogP contribution in [0.2, 0.25) is 0 Å². The molecule has 0 radical (unpaired) electrons. The third-order valence-corrected chi connectivity index (χ3v) is 24.7. The van der Waals surface area contributed by atoms with Crippen molar-refractivity contribution in [3.8, 4) is 45.9 Å². The lowest BCUT2D eigenvalue weighted by molar-refractivity contribution is -0.140. The number of benzene rings is 4. The summed E-state index contributed by atoms with van der Waals surface area (Å²) in [6.07, 6.45) is 35.7. The molecule has 4 aromatic carbocycles. The predicted octanol–water partition coefficient (Wildman–Crippen LogP) is 11.6. The van der Waals surface area contributed by atoms with E-state index in [0.717, 1.165) is 321 Å². The Balaban J connectivity index is 0.000000115. The van der Waals surface area contributed by atoms with Crippen LogP contribution in [0.25, 0.3) is 67.0 Å². The predicted molar refractivity (Wildman–Crippen MR) is 476 cm³/mol. The summed E-state index contributed by atoms with van der Waals surface area (Å²) in [7, 11) is 0. The minimum Gasteiger partial charge on any atom is -0.488 e.